The van der Waals surface area contributed by atoms with Gasteiger partial charge in [0.25, 0.3) is 0 Å². The molecule has 2 N–H and O–H groups in total. The van der Waals surface area contributed by atoms with Crippen molar-refractivity contribution in [2.45, 2.75) is 25.2 Å². The molecule has 0 spiro atoms. The van der Waals surface area contributed by atoms with Gasteiger partial charge in [-0.3, -0.25) is 0 Å². The molecule has 0 bridgehead atoms. The Labute approximate surface area is 114 Å². The summed E-state index contributed by atoms with van der Waals surface area (Å²) in [4.78, 5) is 12.5. The van der Waals surface area contributed by atoms with E-state index < -0.39 is 0 Å². The average molecular weight is 279 g/mol. The van der Waals surface area contributed by atoms with Crippen molar-refractivity contribution in [3.8, 4) is 0 Å². The van der Waals surface area contributed by atoms with E-state index in [1.165, 1.54) is 6.07 Å². The number of hydrogen-bond acceptors (Lipinski definition) is 4. The molecule has 1 fully saturated rings. The van der Waals surface area contributed by atoms with Crippen LogP contribution in [0.3, 0.4) is 0 Å². The van der Waals surface area contributed by atoms with Crippen molar-refractivity contribution in [3.63, 3.8) is 0 Å². The van der Waals surface area contributed by atoms with Gasteiger partial charge >= 0.3 is 0 Å². The highest BCUT2D eigenvalue weighted by Crippen LogP contribution is 2.38. The van der Waals surface area contributed by atoms with Gasteiger partial charge in [-0.25, -0.2) is 9.37 Å². The van der Waals surface area contributed by atoms with Crippen molar-refractivity contribution in [3.05, 3.63) is 46.3 Å². The van der Waals surface area contributed by atoms with Crippen LogP contribution in [-0.4, -0.2) is 15.0 Å². The maximum Gasteiger partial charge on any atom is 0.223 e. The van der Waals surface area contributed by atoms with Crippen LogP contribution in [0.4, 0.5) is 10.3 Å². The van der Waals surface area contributed by atoms with Crippen molar-refractivity contribution < 1.29 is 4.39 Å². The molecule has 0 saturated heterocycles. The number of benzene rings is 1. The van der Waals surface area contributed by atoms with Crippen LogP contribution in [0.5, 0.6) is 0 Å². The van der Waals surface area contributed by atoms with Gasteiger partial charge in [0.1, 0.15) is 17.5 Å². The van der Waals surface area contributed by atoms with Crippen molar-refractivity contribution in [1.82, 2.24) is 15.0 Å². The van der Waals surface area contributed by atoms with Gasteiger partial charge < -0.3 is 5.73 Å². The summed E-state index contributed by atoms with van der Waals surface area (Å²) in [6.07, 6.45) is 2.37. The Morgan fingerprint density at radius 1 is 1.26 bits per heavy atom. The Kier molecular flexibility index (Phi) is 3.06. The first kappa shape index (κ1) is 12.3. The molecule has 0 amide bonds. The molecule has 0 aliphatic heterocycles. The van der Waals surface area contributed by atoms with E-state index >= 15 is 0 Å². The molecule has 1 aliphatic rings. The number of nitrogens with two attached hydrogens (primary N) is 1. The number of nitrogen functional groups attached to an aromatic ring is 1. The van der Waals surface area contributed by atoms with Crippen LogP contribution in [-0.2, 0) is 6.42 Å². The maximum absolute atomic E-state index is 13.7. The molecule has 19 heavy (non-hydrogen) atoms. The summed E-state index contributed by atoms with van der Waals surface area (Å²) < 4.78 is 13.7. The molecule has 1 aromatic heterocycles. The van der Waals surface area contributed by atoms with Crippen LogP contribution in [0.25, 0.3) is 0 Å². The third-order valence-electron chi connectivity index (χ3n) is 3.06. The number of aromatic nitrogens is 3. The minimum absolute atomic E-state index is 0.180. The first-order valence-electron chi connectivity index (χ1n) is 6.06. The molecular weight excluding hydrogens is 267 g/mol. The van der Waals surface area contributed by atoms with Crippen LogP contribution in [0.15, 0.2) is 18.2 Å². The highest BCUT2D eigenvalue weighted by molar-refractivity contribution is 6.31. The van der Waals surface area contributed by atoms with Crippen LogP contribution in [0.1, 0.15) is 36.0 Å². The second kappa shape index (κ2) is 4.74. The lowest BCUT2D eigenvalue weighted by molar-refractivity contribution is 0.611. The summed E-state index contributed by atoms with van der Waals surface area (Å²) >= 11 is 5.99. The van der Waals surface area contributed by atoms with Crippen LogP contribution >= 0.6 is 11.6 Å². The molecule has 3 rings (SSSR count). The molecular formula is C13H12ClFN4. The maximum atomic E-state index is 13.7. The Morgan fingerprint density at radius 3 is 2.74 bits per heavy atom. The zero-order chi connectivity index (χ0) is 13.4. The fraction of sp³-hybridized carbons (Fsp3) is 0.308. The van der Waals surface area contributed by atoms with E-state index in [4.69, 9.17) is 17.3 Å². The third kappa shape index (κ3) is 2.66. The largest absolute Gasteiger partial charge is 0.368 e. The Bertz CT molecular complexity index is 608. The van der Waals surface area contributed by atoms with Gasteiger partial charge in [-0.15, -0.1) is 0 Å². The fourth-order valence-electron chi connectivity index (χ4n) is 1.92. The van der Waals surface area contributed by atoms with Crippen LogP contribution < -0.4 is 5.73 Å². The quantitative estimate of drug-likeness (QED) is 0.937. The molecule has 4 nitrogen and oxygen atoms in total. The molecule has 1 saturated carbocycles. The van der Waals surface area contributed by atoms with Crippen molar-refractivity contribution in [2.24, 2.45) is 0 Å². The normalized spacial score (nSPS) is 14.6. The monoisotopic (exact) mass is 278 g/mol. The van der Waals surface area contributed by atoms with Gasteiger partial charge in [-0.2, -0.15) is 9.97 Å². The molecule has 1 aromatic carbocycles. The van der Waals surface area contributed by atoms with Crippen molar-refractivity contribution in [1.29, 1.82) is 0 Å². The van der Waals surface area contributed by atoms with Crippen LogP contribution in [0, 0.1) is 5.82 Å². The summed E-state index contributed by atoms with van der Waals surface area (Å²) in [5, 5.41) is 0.368. The summed E-state index contributed by atoms with van der Waals surface area (Å²) in [6.45, 7) is 0. The number of rotatable bonds is 3. The van der Waals surface area contributed by atoms with E-state index in [2.05, 4.69) is 15.0 Å². The highest BCUT2D eigenvalue weighted by atomic mass is 35.5. The number of hydrogen-bond donors (Lipinski definition) is 1. The Hall–Kier alpha value is -1.75. The lowest BCUT2D eigenvalue weighted by Gasteiger charge is -2.06. The molecule has 98 valence electrons. The smallest absolute Gasteiger partial charge is 0.223 e. The third-order valence-corrected chi connectivity index (χ3v) is 3.41. The van der Waals surface area contributed by atoms with E-state index in [1.54, 1.807) is 12.1 Å². The van der Waals surface area contributed by atoms with Gasteiger partial charge in [0.05, 0.1) is 0 Å². The van der Waals surface area contributed by atoms with Crippen molar-refractivity contribution in [2.75, 3.05) is 5.73 Å². The molecule has 2 aromatic rings. The van der Waals surface area contributed by atoms with E-state index in [-0.39, 0.29) is 18.2 Å². The lowest BCUT2D eigenvalue weighted by Crippen LogP contribution is -2.08. The lowest BCUT2D eigenvalue weighted by atomic mass is 10.1. The highest BCUT2D eigenvalue weighted by Gasteiger charge is 2.27. The first-order valence-corrected chi connectivity index (χ1v) is 6.44. The number of anilines is 1. The summed E-state index contributed by atoms with van der Waals surface area (Å²) in [5.74, 6) is 1.36. The van der Waals surface area contributed by atoms with Crippen LogP contribution in [0.2, 0.25) is 5.02 Å². The number of halogens is 2. The summed E-state index contributed by atoms with van der Waals surface area (Å²) in [6, 6.07) is 4.58. The topological polar surface area (TPSA) is 64.7 Å². The standard InChI is InChI=1S/C13H12ClFN4/c14-9-2-1-3-10(15)8(9)6-11-17-12(7-4-5-7)19-13(16)18-11/h1-3,7H,4-6H2,(H2,16,17,18,19). The molecule has 0 radical (unpaired) electrons. The molecule has 0 unspecified atom stereocenters. The van der Waals surface area contributed by atoms with E-state index in [1.807, 2.05) is 0 Å². The second-order valence-electron chi connectivity index (χ2n) is 4.62. The predicted octanol–water partition coefficient (Wildman–Crippen LogP) is 2.71. The fourth-order valence-corrected chi connectivity index (χ4v) is 2.15. The number of nitrogens with zero attached hydrogens (tertiary/aromatic N) is 3. The molecule has 6 heteroatoms. The first-order chi connectivity index (χ1) is 9.13. The Morgan fingerprint density at radius 2 is 2.05 bits per heavy atom. The SMILES string of the molecule is Nc1nc(Cc2c(F)cccc2Cl)nc(C2CC2)n1. The summed E-state index contributed by atoms with van der Waals surface area (Å²) in [5.41, 5.74) is 6.05. The van der Waals surface area contributed by atoms with Gasteiger partial charge in [0.15, 0.2) is 0 Å². The molecule has 0 atom stereocenters. The second-order valence-corrected chi connectivity index (χ2v) is 5.03. The van der Waals surface area contributed by atoms with E-state index in [0.717, 1.165) is 12.8 Å². The minimum Gasteiger partial charge on any atom is -0.368 e. The average Bonchev–Trinajstić information content (AvgIpc) is 3.17. The zero-order valence-corrected chi connectivity index (χ0v) is 10.9. The summed E-state index contributed by atoms with van der Waals surface area (Å²) in [7, 11) is 0. The van der Waals surface area contributed by atoms with Gasteiger partial charge in [0.2, 0.25) is 5.95 Å². The van der Waals surface area contributed by atoms with Gasteiger partial charge in [-0.05, 0) is 25.0 Å². The molecule has 1 aliphatic carbocycles. The minimum atomic E-state index is -0.362. The molecule has 1 heterocycles. The van der Waals surface area contributed by atoms with E-state index in [0.29, 0.717) is 28.2 Å². The zero-order valence-electron chi connectivity index (χ0n) is 10.1. The van der Waals surface area contributed by atoms with Crippen molar-refractivity contribution >= 4 is 17.5 Å². The van der Waals surface area contributed by atoms with Gasteiger partial charge in [-0.1, -0.05) is 17.7 Å². The van der Waals surface area contributed by atoms with Gasteiger partial charge in [0, 0.05) is 22.9 Å². The predicted molar refractivity (Wildman–Crippen MR) is 70.4 cm³/mol. The Balaban J connectivity index is 1.94. The van der Waals surface area contributed by atoms with E-state index in [9.17, 15) is 4.39 Å².